The third kappa shape index (κ3) is 4.98. The summed E-state index contributed by atoms with van der Waals surface area (Å²) in [6.07, 6.45) is 7.69. The largest absolute Gasteiger partial charge is 0.314 e. The Labute approximate surface area is 118 Å². The average Bonchev–Trinajstić information content (AvgIpc) is 2.61. The van der Waals surface area contributed by atoms with Crippen molar-refractivity contribution in [2.75, 3.05) is 6.54 Å². The average molecular weight is 265 g/mol. The number of nitrogens with one attached hydrogen (secondary N) is 1. The van der Waals surface area contributed by atoms with Crippen molar-refractivity contribution in [3.63, 3.8) is 0 Å². The van der Waals surface area contributed by atoms with Crippen molar-refractivity contribution in [3.05, 3.63) is 17.0 Å². The van der Waals surface area contributed by atoms with Gasteiger partial charge in [0.15, 0.2) is 0 Å². The summed E-state index contributed by atoms with van der Waals surface area (Å²) in [6.45, 7) is 9.84. The molecule has 1 unspecified atom stereocenters. The molecule has 0 saturated carbocycles. The quantitative estimate of drug-likeness (QED) is 0.692. The van der Waals surface area contributed by atoms with Crippen molar-refractivity contribution >= 4 is 0 Å². The summed E-state index contributed by atoms with van der Waals surface area (Å²) < 4.78 is 2.00. The lowest BCUT2D eigenvalue weighted by Crippen LogP contribution is -2.29. The Morgan fingerprint density at radius 2 is 1.89 bits per heavy atom. The van der Waals surface area contributed by atoms with E-state index in [0.717, 1.165) is 13.0 Å². The molecule has 0 saturated heterocycles. The fourth-order valence-corrected chi connectivity index (χ4v) is 2.78. The van der Waals surface area contributed by atoms with E-state index in [4.69, 9.17) is 0 Å². The van der Waals surface area contributed by atoms with Crippen LogP contribution in [0.3, 0.4) is 0 Å². The topological polar surface area (TPSA) is 29.9 Å². The molecule has 1 N–H and O–H groups in total. The Morgan fingerprint density at radius 1 is 1.16 bits per heavy atom. The van der Waals surface area contributed by atoms with E-state index in [9.17, 15) is 0 Å². The lowest BCUT2D eigenvalue weighted by Gasteiger charge is -2.17. The zero-order valence-electron chi connectivity index (χ0n) is 13.4. The summed E-state index contributed by atoms with van der Waals surface area (Å²) in [5.41, 5.74) is 3.96. The first-order valence-electron chi connectivity index (χ1n) is 7.82. The minimum absolute atomic E-state index is 0.663. The van der Waals surface area contributed by atoms with Crippen molar-refractivity contribution in [2.24, 2.45) is 7.05 Å². The lowest BCUT2D eigenvalue weighted by atomic mass is 9.99. The molecule has 0 fully saturated rings. The van der Waals surface area contributed by atoms with Crippen LogP contribution >= 0.6 is 0 Å². The van der Waals surface area contributed by atoms with E-state index in [0.29, 0.717) is 6.04 Å². The molecule has 1 rings (SSSR count). The van der Waals surface area contributed by atoms with Crippen LogP contribution in [-0.2, 0) is 13.5 Å². The van der Waals surface area contributed by atoms with Crippen molar-refractivity contribution < 1.29 is 0 Å². The third-order valence-corrected chi connectivity index (χ3v) is 4.05. The smallest absolute Gasteiger partial charge is 0.0628 e. The summed E-state index contributed by atoms with van der Waals surface area (Å²) in [7, 11) is 2.04. The molecule has 1 aromatic heterocycles. The van der Waals surface area contributed by atoms with Gasteiger partial charge in [-0.1, -0.05) is 33.1 Å². The Bertz CT molecular complexity index is 368. The van der Waals surface area contributed by atoms with Gasteiger partial charge in [0.2, 0.25) is 0 Å². The molecule has 0 aliphatic rings. The van der Waals surface area contributed by atoms with Crippen LogP contribution in [0.4, 0.5) is 0 Å². The minimum atomic E-state index is 0.663. The molecule has 0 amide bonds. The molecule has 19 heavy (non-hydrogen) atoms. The zero-order valence-corrected chi connectivity index (χ0v) is 13.4. The molecule has 1 heterocycles. The normalized spacial score (nSPS) is 12.9. The van der Waals surface area contributed by atoms with Crippen molar-refractivity contribution in [1.29, 1.82) is 0 Å². The van der Waals surface area contributed by atoms with E-state index in [2.05, 4.69) is 38.1 Å². The summed E-state index contributed by atoms with van der Waals surface area (Å²) >= 11 is 0. The standard InChI is InChI=1S/C16H31N3/c1-6-8-9-10-15(17-7-2)11-12-16-13(3)18-19(5)14(16)4/h15,17H,6-12H2,1-5H3. The van der Waals surface area contributed by atoms with E-state index in [1.54, 1.807) is 0 Å². The number of hydrogen-bond donors (Lipinski definition) is 1. The SMILES string of the molecule is CCCCCC(CCc1c(C)nn(C)c1C)NCC. The van der Waals surface area contributed by atoms with E-state index >= 15 is 0 Å². The second-order valence-electron chi connectivity index (χ2n) is 5.56. The van der Waals surface area contributed by atoms with Crippen LogP contribution < -0.4 is 5.32 Å². The van der Waals surface area contributed by atoms with Gasteiger partial charge in [-0.05, 0) is 45.2 Å². The maximum absolute atomic E-state index is 4.51. The highest BCUT2D eigenvalue weighted by Gasteiger charge is 2.12. The number of aromatic nitrogens is 2. The molecule has 0 aliphatic heterocycles. The first kappa shape index (κ1) is 16.2. The fourth-order valence-electron chi connectivity index (χ4n) is 2.78. The van der Waals surface area contributed by atoms with Gasteiger partial charge in [0.1, 0.15) is 0 Å². The molecule has 0 spiro atoms. The number of unbranched alkanes of at least 4 members (excludes halogenated alkanes) is 2. The molecule has 110 valence electrons. The Morgan fingerprint density at radius 3 is 2.42 bits per heavy atom. The van der Waals surface area contributed by atoms with Gasteiger partial charge >= 0.3 is 0 Å². The van der Waals surface area contributed by atoms with Gasteiger partial charge in [-0.25, -0.2) is 0 Å². The molecular formula is C16H31N3. The van der Waals surface area contributed by atoms with Crippen LogP contribution in [0.2, 0.25) is 0 Å². The predicted octanol–water partition coefficient (Wildman–Crippen LogP) is 3.53. The van der Waals surface area contributed by atoms with E-state index < -0.39 is 0 Å². The van der Waals surface area contributed by atoms with E-state index in [-0.39, 0.29) is 0 Å². The highest BCUT2D eigenvalue weighted by Crippen LogP contribution is 2.16. The minimum Gasteiger partial charge on any atom is -0.314 e. The van der Waals surface area contributed by atoms with Gasteiger partial charge in [-0.3, -0.25) is 4.68 Å². The van der Waals surface area contributed by atoms with Crippen molar-refractivity contribution in [2.45, 2.75) is 72.3 Å². The van der Waals surface area contributed by atoms with Gasteiger partial charge in [0.25, 0.3) is 0 Å². The van der Waals surface area contributed by atoms with Gasteiger partial charge in [-0.15, -0.1) is 0 Å². The molecule has 0 aromatic carbocycles. The molecule has 1 aromatic rings. The number of nitrogens with zero attached hydrogens (tertiary/aromatic N) is 2. The highest BCUT2D eigenvalue weighted by atomic mass is 15.3. The van der Waals surface area contributed by atoms with Gasteiger partial charge < -0.3 is 5.32 Å². The number of hydrogen-bond acceptors (Lipinski definition) is 2. The Hall–Kier alpha value is -0.830. The monoisotopic (exact) mass is 265 g/mol. The zero-order chi connectivity index (χ0) is 14.3. The molecule has 0 bridgehead atoms. The van der Waals surface area contributed by atoms with Gasteiger partial charge in [0.05, 0.1) is 5.69 Å². The van der Waals surface area contributed by atoms with Gasteiger partial charge in [0, 0.05) is 18.8 Å². The predicted molar refractivity (Wildman–Crippen MR) is 82.6 cm³/mol. The van der Waals surface area contributed by atoms with Crippen LogP contribution in [0.15, 0.2) is 0 Å². The number of aryl methyl sites for hydroxylation is 2. The molecule has 3 nitrogen and oxygen atoms in total. The molecule has 3 heteroatoms. The van der Waals surface area contributed by atoms with Gasteiger partial charge in [-0.2, -0.15) is 5.10 Å². The third-order valence-electron chi connectivity index (χ3n) is 4.05. The molecular weight excluding hydrogens is 234 g/mol. The first-order valence-corrected chi connectivity index (χ1v) is 7.82. The van der Waals surface area contributed by atoms with Crippen LogP contribution in [0.1, 0.15) is 62.9 Å². The molecule has 0 radical (unpaired) electrons. The summed E-state index contributed by atoms with van der Waals surface area (Å²) in [4.78, 5) is 0. The Balaban J connectivity index is 2.50. The summed E-state index contributed by atoms with van der Waals surface area (Å²) in [6, 6.07) is 0.663. The van der Waals surface area contributed by atoms with E-state index in [1.807, 2.05) is 11.7 Å². The van der Waals surface area contributed by atoms with Crippen LogP contribution in [0.5, 0.6) is 0 Å². The maximum atomic E-state index is 4.51. The van der Waals surface area contributed by atoms with Crippen molar-refractivity contribution in [3.8, 4) is 0 Å². The van der Waals surface area contributed by atoms with Crippen LogP contribution in [0, 0.1) is 13.8 Å². The molecule has 0 aliphatic carbocycles. The number of rotatable bonds is 9. The van der Waals surface area contributed by atoms with E-state index in [1.165, 1.54) is 49.1 Å². The lowest BCUT2D eigenvalue weighted by molar-refractivity contribution is 0.443. The highest BCUT2D eigenvalue weighted by molar-refractivity contribution is 5.24. The fraction of sp³-hybridized carbons (Fsp3) is 0.812. The summed E-state index contributed by atoms with van der Waals surface area (Å²) in [5, 5.41) is 8.14. The molecule has 1 atom stereocenters. The summed E-state index contributed by atoms with van der Waals surface area (Å²) in [5.74, 6) is 0. The Kier molecular flexibility index (Phi) is 7.14. The maximum Gasteiger partial charge on any atom is 0.0628 e. The second-order valence-corrected chi connectivity index (χ2v) is 5.56. The second kappa shape index (κ2) is 8.36. The first-order chi connectivity index (χ1) is 9.10. The van der Waals surface area contributed by atoms with Crippen LogP contribution in [-0.4, -0.2) is 22.4 Å². The van der Waals surface area contributed by atoms with Crippen LogP contribution in [0.25, 0.3) is 0 Å². The van der Waals surface area contributed by atoms with Crippen molar-refractivity contribution in [1.82, 2.24) is 15.1 Å².